The fraction of sp³-hybridized carbons (Fsp3) is 0.500. The summed E-state index contributed by atoms with van der Waals surface area (Å²) in [6, 6.07) is 10.5. The Morgan fingerprint density at radius 3 is 2.53 bits per heavy atom. The minimum absolute atomic E-state index is 0.151. The van der Waals surface area contributed by atoms with E-state index >= 15 is 0 Å². The van der Waals surface area contributed by atoms with Crippen molar-refractivity contribution in [3.05, 3.63) is 35.9 Å². The summed E-state index contributed by atoms with van der Waals surface area (Å²) in [5, 5.41) is 0. The molecule has 0 saturated carbocycles. The van der Waals surface area contributed by atoms with Crippen molar-refractivity contribution in [1.29, 1.82) is 0 Å². The second-order valence-corrected chi connectivity index (χ2v) is 4.86. The fourth-order valence-electron chi connectivity index (χ4n) is 2.05. The molecule has 1 rings (SSSR count). The van der Waals surface area contributed by atoms with E-state index in [4.69, 9.17) is 0 Å². The zero-order valence-corrected chi connectivity index (χ0v) is 11.8. The highest BCUT2D eigenvalue weighted by Crippen LogP contribution is 2.32. The Kier molecular flexibility index (Phi) is 5.64. The molecule has 0 spiro atoms. The molecule has 3 heteroatoms. The maximum Gasteiger partial charge on any atom is 0.307 e. The summed E-state index contributed by atoms with van der Waals surface area (Å²) in [4.78, 5) is 11.1. The molecule has 2 nitrogen and oxygen atoms in total. The fourth-order valence-corrected chi connectivity index (χ4v) is 2.17. The molecule has 0 fully saturated rings. The second kappa shape index (κ2) is 6.76. The van der Waals surface area contributed by atoms with Crippen LogP contribution in [0.3, 0.4) is 0 Å². The minimum Gasteiger partial charge on any atom is -0.452 e. The SMILES string of the molecule is CCC(C)(CCCC(=O)OP)c1ccccc1. The molecule has 0 aliphatic carbocycles. The van der Waals surface area contributed by atoms with E-state index in [1.54, 1.807) is 0 Å². The van der Waals surface area contributed by atoms with Crippen molar-refractivity contribution in [2.45, 2.75) is 44.9 Å². The Labute approximate surface area is 106 Å². The van der Waals surface area contributed by atoms with Gasteiger partial charge in [-0.2, -0.15) is 0 Å². The summed E-state index contributed by atoms with van der Waals surface area (Å²) < 4.78 is 4.58. The van der Waals surface area contributed by atoms with E-state index < -0.39 is 0 Å². The Balaban J connectivity index is 2.60. The van der Waals surface area contributed by atoms with Crippen LogP contribution in [-0.2, 0) is 14.7 Å². The average Bonchev–Trinajstić information content (AvgIpc) is 2.39. The van der Waals surface area contributed by atoms with Gasteiger partial charge in [0, 0.05) is 6.42 Å². The first-order chi connectivity index (χ1) is 8.12. The Morgan fingerprint density at radius 1 is 1.35 bits per heavy atom. The van der Waals surface area contributed by atoms with Gasteiger partial charge < -0.3 is 4.52 Å². The highest BCUT2D eigenvalue weighted by Gasteiger charge is 2.24. The number of rotatable bonds is 6. The van der Waals surface area contributed by atoms with E-state index in [0.29, 0.717) is 6.42 Å². The van der Waals surface area contributed by atoms with Gasteiger partial charge in [-0.15, -0.1) is 0 Å². The highest BCUT2D eigenvalue weighted by molar-refractivity contribution is 7.10. The van der Waals surface area contributed by atoms with Crippen LogP contribution >= 0.6 is 9.47 Å². The van der Waals surface area contributed by atoms with Gasteiger partial charge in [0.25, 0.3) is 0 Å². The molecule has 0 aliphatic heterocycles. The maximum absolute atomic E-state index is 11.1. The largest absolute Gasteiger partial charge is 0.452 e. The van der Waals surface area contributed by atoms with Gasteiger partial charge in [-0.3, -0.25) is 4.79 Å². The molecule has 0 aromatic heterocycles. The van der Waals surface area contributed by atoms with E-state index in [0.717, 1.165) is 19.3 Å². The van der Waals surface area contributed by atoms with Crippen LogP contribution in [0, 0.1) is 0 Å². The van der Waals surface area contributed by atoms with Gasteiger partial charge in [0.15, 0.2) is 0 Å². The molecule has 2 atom stereocenters. The molecule has 17 heavy (non-hydrogen) atoms. The lowest BCUT2D eigenvalue weighted by molar-refractivity contribution is -0.133. The van der Waals surface area contributed by atoms with Gasteiger partial charge in [0.2, 0.25) is 0 Å². The Hall–Kier alpha value is -0.880. The van der Waals surface area contributed by atoms with Crippen LogP contribution in [0.4, 0.5) is 0 Å². The minimum atomic E-state index is -0.151. The van der Waals surface area contributed by atoms with Crippen LogP contribution < -0.4 is 0 Å². The zero-order valence-electron chi connectivity index (χ0n) is 10.6. The van der Waals surface area contributed by atoms with Gasteiger partial charge in [0.05, 0.1) is 9.47 Å². The molecule has 94 valence electrons. The smallest absolute Gasteiger partial charge is 0.307 e. The first kappa shape index (κ1) is 14.2. The quantitative estimate of drug-likeness (QED) is 0.719. The third kappa shape index (κ3) is 4.12. The highest BCUT2D eigenvalue weighted by atomic mass is 31.0. The van der Waals surface area contributed by atoms with E-state index in [1.807, 2.05) is 15.5 Å². The molecule has 0 amide bonds. The van der Waals surface area contributed by atoms with Gasteiger partial charge >= 0.3 is 5.97 Å². The van der Waals surface area contributed by atoms with E-state index in [-0.39, 0.29) is 11.4 Å². The topological polar surface area (TPSA) is 26.3 Å². The van der Waals surface area contributed by atoms with Crippen LogP contribution in [0.1, 0.15) is 45.1 Å². The number of hydrogen-bond acceptors (Lipinski definition) is 2. The molecule has 0 heterocycles. The monoisotopic (exact) mass is 252 g/mol. The lowest BCUT2D eigenvalue weighted by Crippen LogP contribution is -2.21. The summed E-state index contributed by atoms with van der Waals surface area (Å²) in [6.07, 6.45) is 3.44. The van der Waals surface area contributed by atoms with Crippen molar-refractivity contribution in [3.8, 4) is 0 Å². The molecule has 0 bridgehead atoms. The lowest BCUT2D eigenvalue weighted by Gasteiger charge is -2.28. The van der Waals surface area contributed by atoms with Crippen LogP contribution in [0.25, 0.3) is 0 Å². The molecule has 0 N–H and O–H groups in total. The zero-order chi connectivity index (χ0) is 12.7. The van der Waals surface area contributed by atoms with Crippen molar-refractivity contribution >= 4 is 15.4 Å². The molecule has 1 aromatic carbocycles. The van der Waals surface area contributed by atoms with Crippen LogP contribution in [0.2, 0.25) is 0 Å². The maximum atomic E-state index is 11.1. The van der Waals surface area contributed by atoms with Crippen molar-refractivity contribution < 1.29 is 9.32 Å². The van der Waals surface area contributed by atoms with E-state index in [9.17, 15) is 4.79 Å². The Bertz CT molecular complexity index is 350. The number of benzene rings is 1. The van der Waals surface area contributed by atoms with Gasteiger partial charge in [-0.25, -0.2) is 0 Å². The predicted octanol–water partition coefficient (Wildman–Crippen LogP) is 3.86. The third-order valence-corrected chi connectivity index (χ3v) is 3.75. The van der Waals surface area contributed by atoms with Gasteiger partial charge in [0.1, 0.15) is 0 Å². The summed E-state index contributed by atoms with van der Waals surface area (Å²) >= 11 is 0. The van der Waals surface area contributed by atoms with Crippen molar-refractivity contribution in [1.82, 2.24) is 0 Å². The predicted molar refractivity (Wildman–Crippen MR) is 73.7 cm³/mol. The normalized spacial score (nSPS) is 14.1. The number of carbonyl (C=O) groups is 1. The molecular weight excluding hydrogens is 231 g/mol. The van der Waals surface area contributed by atoms with Crippen molar-refractivity contribution in [3.63, 3.8) is 0 Å². The van der Waals surface area contributed by atoms with E-state index in [1.165, 1.54) is 5.56 Å². The lowest BCUT2D eigenvalue weighted by atomic mass is 9.76. The molecule has 0 aliphatic rings. The Morgan fingerprint density at radius 2 is 2.00 bits per heavy atom. The first-order valence-corrected chi connectivity index (χ1v) is 6.54. The molecule has 1 aromatic rings. The van der Waals surface area contributed by atoms with E-state index in [2.05, 4.69) is 42.6 Å². The van der Waals surface area contributed by atoms with Gasteiger partial charge in [-0.1, -0.05) is 44.2 Å². The van der Waals surface area contributed by atoms with Crippen LogP contribution in [-0.4, -0.2) is 5.97 Å². The number of carbonyl (C=O) groups excluding carboxylic acids is 1. The van der Waals surface area contributed by atoms with Gasteiger partial charge in [-0.05, 0) is 30.2 Å². The van der Waals surface area contributed by atoms with Crippen LogP contribution in [0.15, 0.2) is 30.3 Å². The molecular formula is C14H21O2P. The van der Waals surface area contributed by atoms with Crippen LogP contribution in [0.5, 0.6) is 0 Å². The third-order valence-electron chi connectivity index (χ3n) is 3.49. The summed E-state index contributed by atoms with van der Waals surface area (Å²) in [5.74, 6) is -0.151. The molecule has 0 radical (unpaired) electrons. The standard InChI is InChI=1S/C14H21O2P/c1-3-14(2,11-7-10-13(15)16-17)12-8-5-4-6-9-12/h4-6,8-9H,3,7,10-11,17H2,1-2H3. The second-order valence-electron chi connectivity index (χ2n) is 4.62. The molecule has 0 saturated heterocycles. The molecule has 2 unspecified atom stereocenters. The summed E-state index contributed by atoms with van der Waals surface area (Å²) in [7, 11) is 2.01. The first-order valence-electron chi connectivity index (χ1n) is 6.07. The average molecular weight is 252 g/mol. The summed E-state index contributed by atoms with van der Waals surface area (Å²) in [5.41, 5.74) is 1.50. The summed E-state index contributed by atoms with van der Waals surface area (Å²) in [6.45, 7) is 4.45. The number of hydrogen-bond donors (Lipinski definition) is 0. The van der Waals surface area contributed by atoms with Crippen molar-refractivity contribution in [2.75, 3.05) is 0 Å². The van der Waals surface area contributed by atoms with Crippen molar-refractivity contribution in [2.24, 2.45) is 0 Å².